The van der Waals surface area contributed by atoms with Crippen molar-refractivity contribution in [3.63, 3.8) is 0 Å². The van der Waals surface area contributed by atoms with Crippen LogP contribution >= 0.6 is 0 Å². The molecule has 0 radical (unpaired) electrons. The number of esters is 2. The van der Waals surface area contributed by atoms with Crippen molar-refractivity contribution in [1.82, 2.24) is 10.6 Å². The second-order valence-corrected chi connectivity index (χ2v) is 11.2. The molecule has 244 valence electrons. The fraction of sp³-hybridized carbons (Fsp3) is 0.324. The number of nitrogens with one attached hydrogen (secondary N) is 2. The molecular formula is C34H38N2O10. The van der Waals surface area contributed by atoms with Crippen LogP contribution in [0.15, 0.2) is 78.9 Å². The summed E-state index contributed by atoms with van der Waals surface area (Å²) in [5, 5.41) is 15.0. The van der Waals surface area contributed by atoms with E-state index in [2.05, 4.69) is 15.4 Å². The minimum atomic E-state index is -1.33. The van der Waals surface area contributed by atoms with Gasteiger partial charge in [-0.15, -0.1) is 0 Å². The first-order chi connectivity index (χ1) is 21.8. The maximum Gasteiger partial charge on any atom is 0.408 e. The summed E-state index contributed by atoms with van der Waals surface area (Å²) in [7, 11) is 1.17. The molecule has 0 aromatic heterocycles. The summed E-state index contributed by atoms with van der Waals surface area (Å²) in [5.41, 5.74) is 0.725. The first-order valence-electron chi connectivity index (χ1n) is 14.4. The molecule has 3 aromatic carbocycles. The molecule has 3 aromatic rings. The van der Waals surface area contributed by atoms with Crippen LogP contribution in [0.5, 0.6) is 5.75 Å². The molecule has 0 bridgehead atoms. The van der Waals surface area contributed by atoms with Gasteiger partial charge in [0.2, 0.25) is 5.91 Å². The van der Waals surface area contributed by atoms with E-state index in [4.69, 9.17) is 14.2 Å². The van der Waals surface area contributed by atoms with Crippen LogP contribution in [0.25, 0.3) is 0 Å². The third-order valence-electron chi connectivity index (χ3n) is 6.40. The number of amides is 2. The van der Waals surface area contributed by atoms with Crippen LogP contribution < -0.4 is 15.4 Å². The summed E-state index contributed by atoms with van der Waals surface area (Å²) in [5.74, 6) is -3.59. The molecule has 0 fully saturated rings. The highest BCUT2D eigenvalue weighted by atomic mass is 16.6. The highest BCUT2D eigenvalue weighted by Gasteiger charge is 2.30. The summed E-state index contributed by atoms with van der Waals surface area (Å²) in [6, 6.07) is 19.6. The van der Waals surface area contributed by atoms with Crippen LogP contribution in [0.1, 0.15) is 47.8 Å². The monoisotopic (exact) mass is 634 g/mol. The SMILES string of the molecule is COC(=O)COc1ccc(C[C@H](NC(=O)[C@H](Cc2ccccc2)NC(=O)OC(C)(C)C)C(=O)OCc2ccccc2)cc1C(=O)O. The molecule has 2 amide bonds. The summed E-state index contributed by atoms with van der Waals surface area (Å²) in [4.78, 5) is 63.3. The van der Waals surface area contributed by atoms with Crippen molar-refractivity contribution >= 4 is 29.9 Å². The van der Waals surface area contributed by atoms with Gasteiger partial charge in [-0.2, -0.15) is 0 Å². The summed E-state index contributed by atoms with van der Waals surface area (Å²) >= 11 is 0. The molecule has 0 heterocycles. The number of carboxylic acid groups (broad SMARTS) is 1. The van der Waals surface area contributed by atoms with Crippen molar-refractivity contribution in [3.05, 3.63) is 101 Å². The van der Waals surface area contributed by atoms with E-state index in [1.54, 1.807) is 69.3 Å². The standard InChI is InChI=1S/C34H38N2O10/c1-34(2,3)46-33(42)36-26(18-22-11-7-5-8-12-22)30(38)35-27(32(41)45-20-23-13-9-6-10-14-23)19-24-15-16-28(25(17-24)31(39)40)44-21-29(37)43-4/h5-17,26-27H,18-21H2,1-4H3,(H,35,38)(H,36,42)(H,39,40)/t26-,27-/m0/s1. The number of hydrogen-bond acceptors (Lipinski definition) is 9. The van der Waals surface area contributed by atoms with Gasteiger partial charge in [-0.25, -0.2) is 19.2 Å². The Morgan fingerprint density at radius 2 is 1.39 bits per heavy atom. The van der Waals surface area contributed by atoms with E-state index in [0.29, 0.717) is 5.56 Å². The largest absolute Gasteiger partial charge is 0.481 e. The Kier molecular flexibility index (Phi) is 12.7. The predicted octanol–water partition coefficient (Wildman–Crippen LogP) is 3.84. The highest BCUT2D eigenvalue weighted by Crippen LogP contribution is 2.22. The maximum atomic E-state index is 13.7. The van der Waals surface area contributed by atoms with Gasteiger partial charge in [0.15, 0.2) is 6.61 Å². The average Bonchev–Trinajstić information content (AvgIpc) is 3.02. The number of carboxylic acids is 1. The first-order valence-corrected chi connectivity index (χ1v) is 14.4. The van der Waals surface area contributed by atoms with E-state index in [1.807, 2.05) is 12.1 Å². The maximum absolute atomic E-state index is 13.7. The van der Waals surface area contributed by atoms with Gasteiger partial charge in [0.1, 0.15) is 35.6 Å². The molecule has 0 aliphatic rings. The van der Waals surface area contributed by atoms with Gasteiger partial charge >= 0.3 is 24.0 Å². The Hall–Kier alpha value is -5.39. The molecule has 46 heavy (non-hydrogen) atoms. The fourth-order valence-corrected chi connectivity index (χ4v) is 4.23. The lowest BCUT2D eigenvalue weighted by atomic mass is 10.0. The van der Waals surface area contributed by atoms with Gasteiger partial charge in [-0.05, 0) is 49.6 Å². The molecular weight excluding hydrogens is 596 g/mol. The van der Waals surface area contributed by atoms with Gasteiger partial charge in [0.05, 0.1) is 7.11 Å². The first kappa shape index (κ1) is 35.1. The normalized spacial score (nSPS) is 12.2. The number of carbonyl (C=O) groups excluding carboxylic acids is 4. The Morgan fingerprint density at radius 1 is 0.783 bits per heavy atom. The summed E-state index contributed by atoms with van der Waals surface area (Å²) in [6.07, 6.45) is -0.894. The molecule has 0 aliphatic heterocycles. The van der Waals surface area contributed by atoms with Crippen molar-refractivity contribution in [3.8, 4) is 5.75 Å². The second kappa shape index (κ2) is 16.6. The van der Waals surface area contributed by atoms with Gasteiger partial charge in [-0.1, -0.05) is 66.7 Å². The van der Waals surface area contributed by atoms with Gasteiger partial charge < -0.3 is 34.7 Å². The zero-order chi connectivity index (χ0) is 33.7. The van der Waals surface area contributed by atoms with E-state index in [0.717, 1.165) is 11.1 Å². The van der Waals surface area contributed by atoms with E-state index >= 15 is 0 Å². The molecule has 0 saturated carbocycles. The Labute approximate surface area is 267 Å². The smallest absolute Gasteiger partial charge is 0.408 e. The van der Waals surface area contributed by atoms with Crippen LogP contribution in [-0.2, 0) is 48.0 Å². The number of ether oxygens (including phenoxy) is 4. The molecule has 0 spiro atoms. The van der Waals surface area contributed by atoms with Crippen molar-refractivity contribution in [1.29, 1.82) is 0 Å². The van der Waals surface area contributed by atoms with Crippen molar-refractivity contribution in [2.45, 2.75) is 57.9 Å². The Morgan fingerprint density at radius 3 is 1.98 bits per heavy atom. The molecule has 3 rings (SSSR count). The lowest BCUT2D eigenvalue weighted by molar-refractivity contribution is -0.149. The molecule has 0 saturated heterocycles. The number of aromatic carboxylic acids is 1. The van der Waals surface area contributed by atoms with E-state index in [1.165, 1.54) is 25.3 Å². The summed E-state index contributed by atoms with van der Waals surface area (Å²) < 4.78 is 20.7. The van der Waals surface area contributed by atoms with E-state index in [-0.39, 0.29) is 30.8 Å². The minimum Gasteiger partial charge on any atom is -0.481 e. The van der Waals surface area contributed by atoms with E-state index < -0.39 is 54.2 Å². The Bertz CT molecular complexity index is 1500. The fourth-order valence-electron chi connectivity index (χ4n) is 4.23. The van der Waals surface area contributed by atoms with Crippen LogP contribution in [0, 0.1) is 0 Å². The van der Waals surface area contributed by atoms with Crippen molar-refractivity contribution in [2.24, 2.45) is 0 Å². The number of hydrogen-bond donors (Lipinski definition) is 3. The number of alkyl carbamates (subject to hydrolysis) is 1. The van der Waals surface area contributed by atoms with Gasteiger partial charge in [-0.3, -0.25) is 4.79 Å². The average molecular weight is 635 g/mol. The van der Waals surface area contributed by atoms with Crippen LogP contribution in [0.4, 0.5) is 4.79 Å². The highest BCUT2D eigenvalue weighted by molar-refractivity contribution is 5.92. The van der Waals surface area contributed by atoms with Gasteiger partial charge in [0.25, 0.3) is 0 Å². The third kappa shape index (κ3) is 11.6. The third-order valence-corrected chi connectivity index (χ3v) is 6.40. The number of benzene rings is 3. The molecule has 0 aliphatic carbocycles. The lowest BCUT2D eigenvalue weighted by Gasteiger charge is -2.25. The van der Waals surface area contributed by atoms with Gasteiger partial charge in [0, 0.05) is 12.8 Å². The quantitative estimate of drug-likeness (QED) is 0.175. The number of carbonyl (C=O) groups is 5. The van der Waals surface area contributed by atoms with Crippen LogP contribution in [0.2, 0.25) is 0 Å². The zero-order valence-electron chi connectivity index (χ0n) is 26.1. The molecule has 0 unspecified atom stereocenters. The molecule has 3 N–H and O–H groups in total. The van der Waals surface area contributed by atoms with E-state index in [9.17, 15) is 29.1 Å². The van der Waals surface area contributed by atoms with Crippen LogP contribution in [0.3, 0.4) is 0 Å². The Balaban J connectivity index is 1.88. The van der Waals surface area contributed by atoms with Crippen molar-refractivity contribution in [2.75, 3.05) is 13.7 Å². The summed E-state index contributed by atoms with van der Waals surface area (Å²) in [6.45, 7) is 4.49. The van der Waals surface area contributed by atoms with Crippen LogP contribution in [-0.4, -0.2) is 66.4 Å². The minimum absolute atomic E-state index is 0.0731. The topological polar surface area (TPSA) is 167 Å². The number of methoxy groups -OCH3 is 1. The second-order valence-electron chi connectivity index (χ2n) is 11.2. The van der Waals surface area contributed by atoms with Crippen molar-refractivity contribution < 1.29 is 48.0 Å². The number of rotatable bonds is 14. The lowest BCUT2D eigenvalue weighted by Crippen LogP contribution is -2.54. The molecule has 12 heteroatoms. The zero-order valence-corrected chi connectivity index (χ0v) is 26.1. The molecule has 2 atom stereocenters. The molecule has 12 nitrogen and oxygen atoms in total. The predicted molar refractivity (Wildman–Crippen MR) is 166 cm³/mol.